The quantitative estimate of drug-likeness (QED) is 0.442. The summed E-state index contributed by atoms with van der Waals surface area (Å²) in [5, 5.41) is 0. The molecule has 1 aliphatic rings. The molecule has 1 aromatic heterocycles. The molecule has 6 heteroatoms. The van der Waals surface area contributed by atoms with E-state index in [1.54, 1.807) is 4.90 Å². The number of hydrogen-bond donors (Lipinski definition) is 0. The lowest BCUT2D eigenvalue weighted by Gasteiger charge is -2.27. The topological polar surface area (TPSA) is 36.7 Å². The average Bonchev–Trinajstić information content (AvgIpc) is 3.55. The fourth-order valence-electron chi connectivity index (χ4n) is 3.87. The molecule has 0 N–H and O–H groups in total. The first-order chi connectivity index (χ1) is 15.5. The van der Waals surface area contributed by atoms with Gasteiger partial charge in [-0.25, -0.2) is 8.78 Å². The molecule has 2 aromatic carbocycles. The highest BCUT2D eigenvalue weighted by Gasteiger charge is 2.32. The number of halogens is 2. The first kappa shape index (κ1) is 22.2. The lowest BCUT2D eigenvalue weighted by molar-refractivity contribution is -0.133. The Labute approximate surface area is 187 Å². The second kappa shape index (κ2) is 10.1. The average molecular weight is 439 g/mol. The summed E-state index contributed by atoms with van der Waals surface area (Å²) < 4.78 is 34.1. The zero-order chi connectivity index (χ0) is 22.5. The fraction of sp³-hybridized carbons (Fsp3) is 0.346. The minimum absolute atomic E-state index is 0.0182. The molecule has 1 amide bonds. The van der Waals surface area contributed by atoms with Gasteiger partial charge in [-0.1, -0.05) is 36.4 Å². The van der Waals surface area contributed by atoms with Gasteiger partial charge < -0.3 is 9.32 Å². The summed E-state index contributed by atoms with van der Waals surface area (Å²) in [5.41, 5.74) is 1.16. The molecule has 0 spiro atoms. The molecule has 0 bridgehead atoms. The Morgan fingerprint density at radius 3 is 2.31 bits per heavy atom. The van der Waals surface area contributed by atoms with Crippen molar-refractivity contribution in [3.63, 3.8) is 0 Å². The standard InChI is InChI=1S/C26H28F2N2O2/c1-19-10-13-22(32-19)16-29(15-14-20-6-3-2-4-7-20)26(31)18-30(21-11-12-21)17-23-24(27)8-5-9-25(23)28/h2-10,13,21H,11-12,14-18H2,1H3. The molecule has 0 atom stereocenters. The maximum atomic E-state index is 14.2. The molecule has 0 radical (unpaired) electrons. The molecule has 0 saturated heterocycles. The molecule has 1 fully saturated rings. The largest absolute Gasteiger partial charge is 0.464 e. The molecule has 0 aliphatic heterocycles. The van der Waals surface area contributed by atoms with Crippen molar-refractivity contribution in [2.45, 2.75) is 45.3 Å². The van der Waals surface area contributed by atoms with Gasteiger partial charge in [0.2, 0.25) is 5.91 Å². The molecule has 168 valence electrons. The molecule has 4 rings (SSSR count). The first-order valence-corrected chi connectivity index (χ1v) is 11.0. The number of rotatable bonds is 10. The van der Waals surface area contributed by atoms with Crippen LogP contribution >= 0.6 is 0 Å². The van der Waals surface area contributed by atoms with Gasteiger partial charge in [0.25, 0.3) is 0 Å². The van der Waals surface area contributed by atoms with Crippen LogP contribution in [0.1, 0.15) is 35.5 Å². The zero-order valence-electron chi connectivity index (χ0n) is 18.3. The van der Waals surface area contributed by atoms with Crippen LogP contribution in [0.25, 0.3) is 0 Å². The van der Waals surface area contributed by atoms with Crippen molar-refractivity contribution in [1.29, 1.82) is 0 Å². The molecular formula is C26H28F2N2O2. The summed E-state index contributed by atoms with van der Waals surface area (Å²) in [6, 6.07) is 17.8. The third-order valence-electron chi connectivity index (χ3n) is 5.83. The summed E-state index contributed by atoms with van der Waals surface area (Å²) in [6.45, 7) is 2.98. The van der Waals surface area contributed by atoms with E-state index in [0.29, 0.717) is 13.1 Å². The molecular weight excluding hydrogens is 410 g/mol. The maximum Gasteiger partial charge on any atom is 0.237 e. The van der Waals surface area contributed by atoms with Gasteiger partial charge in [0.05, 0.1) is 13.1 Å². The van der Waals surface area contributed by atoms with Crippen LogP contribution in [0.4, 0.5) is 8.78 Å². The van der Waals surface area contributed by atoms with Crippen LogP contribution in [0.5, 0.6) is 0 Å². The molecule has 4 nitrogen and oxygen atoms in total. The van der Waals surface area contributed by atoms with Gasteiger partial charge in [0, 0.05) is 24.7 Å². The first-order valence-electron chi connectivity index (χ1n) is 11.0. The smallest absolute Gasteiger partial charge is 0.237 e. The van der Waals surface area contributed by atoms with Crippen molar-refractivity contribution in [2.75, 3.05) is 13.1 Å². The van der Waals surface area contributed by atoms with Gasteiger partial charge in [-0.15, -0.1) is 0 Å². The Kier molecular flexibility index (Phi) is 7.00. The van der Waals surface area contributed by atoms with Crippen molar-refractivity contribution in [1.82, 2.24) is 9.80 Å². The number of furan rings is 1. The number of aryl methyl sites for hydroxylation is 1. The van der Waals surface area contributed by atoms with E-state index in [9.17, 15) is 13.6 Å². The van der Waals surface area contributed by atoms with E-state index < -0.39 is 11.6 Å². The number of nitrogens with zero attached hydrogens (tertiary/aromatic N) is 2. The third-order valence-corrected chi connectivity index (χ3v) is 5.83. The number of amides is 1. The Hall–Kier alpha value is -2.99. The Bertz CT molecular complexity index is 1030. The number of benzene rings is 2. The molecule has 1 aliphatic carbocycles. The molecule has 32 heavy (non-hydrogen) atoms. The van der Waals surface area contributed by atoms with E-state index in [4.69, 9.17) is 4.42 Å². The van der Waals surface area contributed by atoms with Crippen LogP contribution in [-0.4, -0.2) is 34.8 Å². The number of carbonyl (C=O) groups excluding carboxylic acids is 1. The van der Waals surface area contributed by atoms with Crippen LogP contribution in [0, 0.1) is 18.6 Å². The highest BCUT2D eigenvalue weighted by atomic mass is 19.1. The Balaban J connectivity index is 1.47. The monoisotopic (exact) mass is 438 g/mol. The number of carbonyl (C=O) groups is 1. The summed E-state index contributed by atoms with van der Waals surface area (Å²) in [5.74, 6) is 0.302. The lowest BCUT2D eigenvalue weighted by atomic mass is 10.1. The van der Waals surface area contributed by atoms with Crippen molar-refractivity contribution in [3.05, 3.63) is 94.9 Å². The van der Waals surface area contributed by atoms with E-state index in [1.807, 2.05) is 54.3 Å². The minimum Gasteiger partial charge on any atom is -0.464 e. The van der Waals surface area contributed by atoms with Crippen molar-refractivity contribution in [2.24, 2.45) is 0 Å². The Morgan fingerprint density at radius 1 is 0.969 bits per heavy atom. The van der Waals surface area contributed by atoms with Crippen LogP contribution in [0.15, 0.2) is 65.1 Å². The molecule has 3 aromatic rings. The van der Waals surface area contributed by atoms with Crippen molar-refractivity contribution >= 4 is 5.91 Å². The zero-order valence-corrected chi connectivity index (χ0v) is 18.3. The normalized spacial score (nSPS) is 13.5. The van der Waals surface area contributed by atoms with Gasteiger partial charge >= 0.3 is 0 Å². The fourth-order valence-corrected chi connectivity index (χ4v) is 3.87. The van der Waals surface area contributed by atoms with Crippen LogP contribution in [-0.2, 0) is 24.3 Å². The summed E-state index contributed by atoms with van der Waals surface area (Å²) >= 11 is 0. The lowest BCUT2D eigenvalue weighted by Crippen LogP contribution is -2.41. The van der Waals surface area contributed by atoms with E-state index in [-0.39, 0.29) is 30.6 Å². The van der Waals surface area contributed by atoms with Gasteiger partial charge in [0.15, 0.2) is 0 Å². The third kappa shape index (κ3) is 5.82. The van der Waals surface area contributed by atoms with Crippen LogP contribution in [0.3, 0.4) is 0 Å². The van der Waals surface area contributed by atoms with Crippen molar-refractivity contribution < 1.29 is 18.0 Å². The van der Waals surface area contributed by atoms with E-state index in [2.05, 4.69) is 0 Å². The van der Waals surface area contributed by atoms with Gasteiger partial charge in [-0.05, 0) is 56.0 Å². The van der Waals surface area contributed by atoms with Crippen molar-refractivity contribution in [3.8, 4) is 0 Å². The summed E-state index contributed by atoms with van der Waals surface area (Å²) in [7, 11) is 0. The van der Waals surface area contributed by atoms with Gasteiger partial charge in [-0.3, -0.25) is 9.69 Å². The number of hydrogen-bond acceptors (Lipinski definition) is 3. The van der Waals surface area contributed by atoms with Gasteiger partial charge in [-0.2, -0.15) is 0 Å². The maximum absolute atomic E-state index is 14.2. The van der Waals surface area contributed by atoms with Gasteiger partial charge in [0.1, 0.15) is 23.2 Å². The van der Waals surface area contributed by atoms with E-state index >= 15 is 0 Å². The summed E-state index contributed by atoms with van der Waals surface area (Å²) in [6.07, 6.45) is 2.59. The second-order valence-electron chi connectivity index (χ2n) is 8.40. The highest BCUT2D eigenvalue weighted by molar-refractivity contribution is 5.78. The minimum atomic E-state index is -0.574. The predicted molar refractivity (Wildman–Crippen MR) is 119 cm³/mol. The summed E-state index contributed by atoms with van der Waals surface area (Å²) in [4.78, 5) is 17.0. The Morgan fingerprint density at radius 2 is 1.69 bits per heavy atom. The molecule has 1 saturated carbocycles. The van der Waals surface area contributed by atoms with E-state index in [0.717, 1.165) is 36.3 Å². The molecule has 0 unspecified atom stereocenters. The van der Waals surface area contributed by atoms with Crippen LogP contribution < -0.4 is 0 Å². The highest BCUT2D eigenvalue weighted by Crippen LogP contribution is 2.29. The second-order valence-corrected chi connectivity index (χ2v) is 8.40. The van der Waals surface area contributed by atoms with E-state index in [1.165, 1.54) is 18.2 Å². The molecule has 1 heterocycles. The SMILES string of the molecule is Cc1ccc(CN(CCc2ccccc2)C(=O)CN(Cc2c(F)cccc2F)C2CC2)o1. The van der Waals surface area contributed by atoms with Crippen LogP contribution in [0.2, 0.25) is 0 Å². The predicted octanol–water partition coefficient (Wildman–Crippen LogP) is 5.10.